The molecule has 0 bridgehead atoms. The molecule has 0 radical (unpaired) electrons. The number of allylic oxidation sites excluding steroid dienone is 4. The Bertz CT molecular complexity index is 3290. The van der Waals surface area contributed by atoms with Crippen molar-refractivity contribution in [1.29, 1.82) is 0 Å². The number of aromatic nitrogens is 3. The van der Waals surface area contributed by atoms with Gasteiger partial charge in [0.05, 0.1) is 5.56 Å². The summed E-state index contributed by atoms with van der Waals surface area (Å²) in [4.78, 5) is 15.1. The van der Waals surface area contributed by atoms with Crippen molar-refractivity contribution in [2.24, 2.45) is 0 Å². The molecule has 0 N–H and O–H groups in total. The number of benzene rings is 7. The summed E-state index contributed by atoms with van der Waals surface area (Å²) in [6, 6.07) is 54.8. The minimum atomic E-state index is 0.310. The minimum Gasteiger partial charge on any atom is -0.456 e. The minimum absolute atomic E-state index is 0.310. The predicted octanol–water partition coefficient (Wildman–Crippen LogP) is 13.3. The van der Waals surface area contributed by atoms with Gasteiger partial charge in [0.25, 0.3) is 0 Å². The summed E-state index contributed by atoms with van der Waals surface area (Å²) in [6.07, 6.45) is 5.59. The van der Waals surface area contributed by atoms with Gasteiger partial charge in [-0.25, -0.2) is 15.0 Å². The first kappa shape index (κ1) is 31.0. The van der Waals surface area contributed by atoms with E-state index in [-0.39, 0.29) is 0 Å². The third kappa shape index (κ3) is 4.77. The van der Waals surface area contributed by atoms with Crippen molar-refractivity contribution in [3.05, 3.63) is 187 Å². The molecule has 0 saturated heterocycles. The van der Waals surface area contributed by atoms with E-state index in [1.165, 1.54) is 39.0 Å². The molecule has 3 aromatic heterocycles. The molecule has 5 heteroatoms. The van der Waals surface area contributed by atoms with Gasteiger partial charge in [-0.1, -0.05) is 133 Å². The predicted molar refractivity (Wildman–Crippen MR) is 226 cm³/mol. The summed E-state index contributed by atoms with van der Waals surface area (Å²) in [6.45, 7) is 0. The van der Waals surface area contributed by atoms with Crippen LogP contribution in [0.4, 0.5) is 0 Å². The number of hydrogen-bond acceptors (Lipinski definition) is 5. The first-order valence-electron chi connectivity index (χ1n) is 19.0. The molecule has 0 saturated carbocycles. The molecule has 0 spiro atoms. The lowest BCUT2D eigenvalue weighted by molar-refractivity contribution is 0.668. The maximum Gasteiger partial charge on any atom is 0.167 e. The molecular formula is C51H31N3O2. The second-order valence-corrected chi connectivity index (χ2v) is 14.7. The molecule has 2 aliphatic carbocycles. The van der Waals surface area contributed by atoms with E-state index in [1.807, 2.05) is 60.7 Å². The largest absolute Gasteiger partial charge is 0.456 e. The lowest BCUT2D eigenvalue weighted by Gasteiger charge is -2.33. The Hall–Kier alpha value is -7.37. The summed E-state index contributed by atoms with van der Waals surface area (Å²) in [5.74, 6) is 2.02. The molecule has 3 heterocycles. The van der Waals surface area contributed by atoms with Gasteiger partial charge in [0, 0.05) is 38.6 Å². The summed E-state index contributed by atoms with van der Waals surface area (Å²) in [7, 11) is 0. The highest BCUT2D eigenvalue weighted by atomic mass is 16.3. The molecule has 7 aromatic carbocycles. The molecule has 0 fully saturated rings. The SMILES string of the molecule is C1=C(c2ccc3oc4cc(-c5nc(-c6ccccc6)nc(-c6cccc7c6oc6ccccc67)n5)ccc4c3c2)CC2C(=C1)c1ccccc1-c1ccccc12. The van der Waals surface area contributed by atoms with Crippen LogP contribution in [0.1, 0.15) is 29.0 Å². The van der Waals surface area contributed by atoms with Crippen LogP contribution in [-0.2, 0) is 0 Å². The number of hydrogen-bond donors (Lipinski definition) is 0. The summed E-state index contributed by atoms with van der Waals surface area (Å²) in [5.41, 5.74) is 15.1. The van der Waals surface area contributed by atoms with Gasteiger partial charge < -0.3 is 8.83 Å². The van der Waals surface area contributed by atoms with Crippen molar-refractivity contribution in [3.63, 3.8) is 0 Å². The van der Waals surface area contributed by atoms with Crippen LogP contribution < -0.4 is 0 Å². The second kappa shape index (κ2) is 12.1. The van der Waals surface area contributed by atoms with Crippen molar-refractivity contribution >= 4 is 55.0 Å². The average molecular weight is 718 g/mol. The fourth-order valence-corrected chi connectivity index (χ4v) is 8.87. The van der Waals surface area contributed by atoms with Crippen molar-refractivity contribution in [3.8, 4) is 45.3 Å². The quantitative estimate of drug-likeness (QED) is 0.181. The zero-order valence-electron chi connectivity index (χ0n) is 30.1. The second-order valence-electron chi connectivity index (χ2n) is 14.7. The number of rotatable bonds is 4. The molecule has 262 valence electrons. The van der Waals surface area contributed by atoms with Gasteiger partial charge in [0.1, 0.15) is 22.3 Å². The van der Waals surface area contributed by atoms with E-state index in [9.17, 15) is 0 Å². The Balaban J connectivity index is 0.956. The van der Waals surface area contributed by atoms with Crippen LogP contribution in [0.25, 0.3) is 100 Å². The summed E-state index contributed by atoms with van der Waals surface area (Å²) in [5, 5.41) is 4.23. The molecule has 0 aliphatic heterocycles. The topological polar surface area (TPSA) is 65.0 Å². The standard InChI is InChI=1S/C51H31N3O2/c1-2-11-30(12-3-1)49-52-50(54-51(53-49)42-19-10-18-41-39-17-8-9-20-45(39)56-48(41)42)33-22-25-40-44-28-32(23-26-46(44)55-47(40)29-33)31-21-24-38-36-15-5-4-13-34(36)35-14-6-7-16-37(35)43(38)27-31/h1-26,28-29,43H,27H2. The summed E-state index contributed by atoms with van der Waals surface area (Å²) >= 11 is 0. The van der Waals surface area contributed by atoms with Crippen LogP contribution in [-0.4, -0.2) is 15.0 Å². The first-order valence-corrected chi connectivity index (χ1v) is 19.0. The third-order valence-corrected chi connectivity index (χ3v) is 11.5. The fourth-order valence-electron chi connectivity index (χ4n) is 8.87. The van der Waals surface area contributed by atoms with Crippen LogP contribution in [0.2, 0.25) is 0 Å². The maximum atomic E-state index is 6.53. The lowest BCUT2D eigenvalue weighted by Crippen LogP contribution is -2.13. The zero-order chi connectivity index (χ0) is 36.7. The Morgan fingerprint density at radius 3 is 2.00 bits per heavy atom. The number of furan rings is 2. The van der Waals surface area contributed by atoms with E-state index in [1.54, 1.807) is 0 Å². The van der Waals surface area contributed by atoms with E-state index < -0.39 is 0 Å². The van der Waals surface area contributed by atoms with Crippen LogP contribution in [0, 0.1) is 0 Å². The van der Waals surface area contributed by atoms with E-state index in [0.717, 1.165) is 67.0 Å². The van der Waals surface area contributed by atoms with Gasteiger partial charge in [0.2, 0.25) is 0 Å². The summed E-state index contributed by atoms with van der Waals surface area (Å²) < 4.78 is 12.9. The molecular weight excluding hydrogens is 687 g/mol. The molecule has 5 nitrogen and oxygen atoms in total. The Morgan fingerprint density at radius 1 is 0.411 bits per heavy atom. The molecule has 12 rings (SSSR count). The molecule has 10 aromatic rings. The van der Waals surface area contributed by atoms with E-state index in [0.29, 0.717) is 23.4 Å². The molecule has 0 amide bonds. The van der Waals surface area contributed by atoms with Crippen LogP contribution in [0.3, 0.4) is 0 Å². The van der Waals surface area contributed by atoms with Gasteiger partial charge in [-0.2, -0.15) is 0 Å². The van der Waals surface area contributed by atoms with Gasteiger partial charge >= 0.3 is 0 Å². The monoisotopic (exact) mass is 717 g/mol. The third-order valence-electron chi connectivity index (χ3n) is 11.5. The van der Waals surface area contributed by atoms with Gasteiger partial charge in [-0.05, 0) is 81.8 Å². The molecule has 1 atom stereocenters. The van der Waals surface area contributed by atoms with Crippen molar-refractivity contribution in [2.45, 2.75) is 12.3 Å². The van der Waals surface area contributed by atoms with E-state index in [4.69, 9.17) is 23.8 Å². The smallest absolute Gasteiger partial charge is 0.167 e. The molecule has 1 unspecified atom stereocenters. The van der Waals surface area contributed by atoms with Crippen LogP contribution >= 0.6 is 0 Å². The number of nitrogens with zero attached hydrogens (tertiary/aromatic N) is 3. The van der Waals surface area contributed by atoms with Gasteiger partial charge in [-0.3, -0.25) is 0 Å². The highest BCUT2D eigenvalue weighted by molar-refractivity contribution is 6.09. The van der Waals surface area contributed by atoms with E-state index >= 15 is 0 Å². The Kier molecular flexibility index (Phi) is 6.69. The van der Waals surface area contributed by atoms with Crippen LogP contribution in [0.5, 0.6) is 0 Å². The normalized spacial score (nSPS) is 14.8. The fraction of sp³-hybridized carbons (Fsp3) is 0.0392. The highest BCUT2D eigenvalue weighted by Crippen LogP contribution is 2.51. The van der Waals surface area contributed by atoms with Crippen molar-refractivity contribution < 1.29 is 8.83 Å². The maximum absolute atomic E-state index is 6.53. The Labute approximate surface area is 321 Å². The van der Waals surface area contributed by atoms with Crippen molar-refractivity contribution in [2.75, 3.05) is 0 Å². The highest BCUT2D eigenvalue weighted by Gasteiger charge is 2.31. The zero-order valence-corrected chi connectivity index (χ0v) is 30.1. The average Bonchev–Trinajstić information content (AvgIpc) is 3.84. The number of para-hydroxylation sites is 2. The van der Waals surface area contributed by atoms with Crippen molar-refractivity contribution in [1.82, 2.24) is 15.0 Å². The first-order chi connectivity index (χ1) is 27.7. The Morgan fingerprint density at radius 2 is 1.09 bits per heavy atom. The van der Waals surface area contributed by atoms with Crippen LogP contribution in [0.15, 0.2) is 179 Å². The number of fused-ring (bicyclic) bond motifs is 12. The lowest BCUT2D eigenvalue weighted by atomic mass is 9.70. The van der Waals surface area contributed by atoms with Gasteiger partial charge in [-0.15, -0.1) is 0 Å². The molecule has 56 heavy (non-hydrogen) atoms. The van der Waals surface area contributed by atoms with E-state index in [2.05, 4.69) is 109 Å². The molecule has 2 aliphatic rings. The van der Waals surface area contributed by atoms with Gasteiger partial charge in [0.15, 0.2) is 17.5 Å².